The average molecular weight is 361 g/mol. The van der Waals surface area contributed by atoms with Crippen LogP contribution in [-0.4, -0.2) is 11.1 Å². The molecule has 3 rings (SSSR count). The molecule has 24 heavy (non-hydrogen) atoms. The van der Waals surface area contributed by atoms with E-state index < -0.39 is 0 Å². The molecule has 0 radical (unpaired) electrons. The smallest absolute Gasteiger partial charge is 0.277 e. The second kappa shape index (κ2) is 7.07. The highest BCUT2D eigenvalue weighted by Gasteiger charge is 2.15. The maximum atomic E-state index is 12.4. The first-order valence-corrected chi connectivity index (χ1v) is 8.15. The number of carbonyl (C=O) groups is 1. The summed E-state index contributed by atoms with van der Waals surface area (Å²) in [4.78, 5) is 12.4. The number of hydrogen-bond acceptors (Lipinski definition) is 3. The van der Waals surface area contributed by atoms with Gasteiger partial charge in [0.2, 0.25) is 0 Å². The molecule has 0 bridgehead atoms. The fraction of sp³-hybridized carbons (Fsp3) is 0.111. The van der Waals surface area contributed by atoms with Gasteiger partial charge in [-0.3, -0.25) is 4.79 Å². The molecule has 0 aliphatic heterocycles. The van der Waals surface area contributed by atoms with Crippen molar-refractivity contribution in [3.05, 3.63) is 69.8 Å². The van der Waals surface area contributed by atoms with Gasteiger partial charge in [-0.15, -0.1) is 0 Å². The van der Waals surface area contributed by atoms with Gasteiger partial charge in [0.25, 0.3) is 5.91 Å². The van der Waals surface area contributed by atoms with Crippen molar-refractivity contribution >= 4 is 34.8 Å². The van der Waals surface area contributed by atoms with Crippen LogP contribution < -0.4 is 5.32 Å². The van der Waals surface area contributed by atoms with Crippen LogP contribution in [0, 0.1) is 0 Å². The molecule has 0 aliphatic rings. The van der Waals surface area contributed by atoms with Crippen LogP contribution in [0.25, 0.3) is 11.3 Å². The van der Waals surface area contributed by atoms with Gasteiger partial charge in [0.15, 0.2) is 11.5 Å². The molecular weight excluding hydrogens is 347 g/mol. The lowest BCUT2D eigenvalue weighted by molar-refractivity contribution is 0.101. The Morgan fingerprint density at radius 3 is 2.67 bits per heavy atom. The van der Waals surface area contributed by atoms with Crippen molar-refractivity contribution in [3.63, 3.8) is 0 Å². The summed E-state index contributed by atoms with van der Waals surface area (Å²) in [7, 11) is 0. The molecule has 1 aromatic heterocycles. The van der Waals surface area contributed by atoms with Crippen molar-refractivity contribution in [2.75, 3.05) is 5.32 Å². The molecule has 0 atom stereocenters. The largest absolute Gasteiger partial charge is 0.355 e. The Morgan fingerprint density at radius 1 is 1.12 bits per heavy atom. The molecule has 2 aromatic carbocycles. The van der Waals surface area contributed by atoms with Gasteiger partial charge in [0.1, 0.15) is 0 Å². The number of carbonyl (C=O) groups excluding carboxylic acids is 1. The summed E-state index contributed by atoms with van der Waals surface area (Å²) in [5, 5.41) is 7.55. The molecule has 122 valence electrons. The molecule has 1 amide bonds. The highest BCUT2D eigenvalue weighted by atomic mass is 35.5. The van der Waals surface area contributed by atoms with E-state index in [0.29, 0.717) is 21.4 Å². The maximum absolute atomic E-state index is 12.4. The van der Waals surface area contributed by atoms with Crippen molar-refractivity contribution in [1.82, 2.24) is 5.16 Å². The van der Waals surface area contributed by atoms with E-state index in [1.165, 1.54) is 0 Å². The minimum Gasteiger partial charge on any atom is -0.355 e. The third-order valence-corrected chi connectivity index (χ3v) is 4.33. The standard InChI is InChI=1S/C18H14Cl2N2O2/c1-2-11-5-3-4-6-15(11)21-18(23)16-10-17(24-22-16)12-7-8-13(19)14(20)9-12/h3-10H,2H2,1H3,(H,21,23). The van der Waals surface area contributed by atoms with Crippen LogP contribution in [0.5, 0.6) is 0 Å². The Balaban J connectivity index is 1.82. The first-order chi connectivity index (χ1) is 11.6. The molecule has 3 aromatic rings. The molecule has 0 fully saturated rings. The molecule has 6 heteroatoms. The number of para-hydroxylation sites is 1. The monoisotopic (exact) mass is 360 g/mol. The molecular formula is C18H14Cl2N2O2. The van der Waals surface area contributed by atoms with E-state index in [-0.39, 0.29) is 11.6 Å². The normalized spacial score (nSPS) is 10.6. The highest BCUT2D eigenvalue weighted by molar-refractivity contribution is 6.42. The Labute approximate surface area is 149 Å². The Morgan fingerprint density at radius 2 is 1.92 bits per heavy atom. The van der Waals surface area contributed by atoms with Gasteiger partial charge in [-0.2, -0.15) is 0 Å². The zero-order valence-electron chi connectivity index (χ0n) is 12.8. The fourth-order valence-electron chi connectivity index (χ4n) is 2.30. The second-order valence-corrected chi connectivity index (χ2v) is 5.98. The minimum atomic E-state index is -0.328. The van der Waals surface area contributed by atoms with E-state index >= 15 is 0 Å². The molecule has 0 aliphatic carbocycles. The van der Waals surface area contributed by atoms with E-state index in [1.807, 2.05) is 31.2 Å². The van der Waals surface area contributed by atoms with Crippen molar-refractivity contribution < 1.29 is 9.32 Å². The number of aromatic nitrogens is 1. The molecule has 0 spiro atoms. The predicted octanol–water partition coefficient (Wildman–Crippen LogP) is 5.46. The van der Waals surface area contributed by atoms with Crippen LogP contribution in [0.15, 0.2) is 53.1 Å². The molecule has 4 nitrogen and oxygen atoms in total. The van der Waals surface area contributed by atoms with Crippen molar-refractivity contribution in [1.29, 1.82) is 0 Å². The molecule has 0 saturated carbocycles. The van der Waals surface area contributed by atoms with Crippen LogP contribution >= 0.6 is 23.2 Å². The summed E-state index contributed by atoms with van der Waals surface area (Å²) in [6, 6.07) is 14.3. The van der Waals surface area contributed by atoms with Gasteiger partial charge in [-0.05, 0) is 36.2 Å². The summed E-state index contributed by atoms with van der Waals surface area (Å²) >= 11 is 11.9. The molecule has 0 unspecified atom stereocenters. The fourth-order valence-corrected chi connectivity index (χ4v) is 2.60. The molecule has 1 N–H and O–H groups in total. The zero-order chi connectivity index (χ0) is 17.1. The van der Waals surface area contributed by atoms with E-state index in [0.717, 1.165) is 17.7 Å². The zero-order valence-corrected chi connectivity index (χ0v) is 14.4. The minimum absolute atomic E-state index is 0.196. The quantitative estimate of drug-likeness (QED) is 0.671. The summed E-state index contributed by atoms with van der Waals surface area (Å²) in [5.74, 6) is 0.119. The third kappa shape index (κ3) is 3.45. The summed E-state index contributed by atoms with van der Waals surface area (Å²) < 4.78 is 5.25. The van der Waals surface area contributed by atoms with E-state index in [4.69, 9.17) is 27.7 Å². The Kier molecular flexibility index (Phi) is 4.88. The number of nitrogens with one attached hydrogen (secondary N) is 1. The van der Waals surface area contributed by atoms with Crippen LogP contribution in [0.3, 0.4) is 0 Å². The average Bonchev–Trinajstić information content (AvgIpc) is 3.08. The van der Waals surface area contributed by atoms with Crippen LogP contribution in [-0.2, 0) is 6.42 Å². The Hall–Kier alpha value is -2.30. The number of hydrogen-bond donors (Lipinski definition) is 1. The summed E-state index contributed by atoms with van der Waals surface area (Å²) in [6.45, 7) is 2.03. The number of amides is 1. The van der Waals surface area contributed by atoms with E-state index in [2.05, 4.69) is 10.5 Å². The highest BCUT2D eigenvalue weighted by Crippen LogP contribution is 2.29. The lowest BCUT2D eigenvalue weighted by Gasteiger charge is -2.07. The van der Waals surface area contributed by atoms with Crippen LogP contribution in [0.1, 0.15) is 23.0 Å². The van der Waals surface area contributed by atoms with Crippen molar-refractivity contribution in [2.24, 2.45) is 0 Å². The molecule has 0 saturated heterocycles. The van der Waals surface area contributed by atoms with E-state index in [9.17, 15) is 4.79 Å². The van der Waals surface area contributed by atoms with Gasteiger partial charge in [0.05, 0.1) is 10.0 Å². The third-order valence-electron chi connectivity index (χ3n) is 3.59. The number of anilines is 1. The van der Waals surface area contributed by atoms with Crippen LogP contribution in [0.4, 0.5) is 5.69 Å². The number of halogens is 2. The summed E-state index contributed by atoms with van der Waals surface area (Å²) in [5.41, 5.74) is 2.72. The van der Waals surface area contributed by atoms with Gasteiger partial charge >= 0.3 is 0 Å². The number of benzene rings is 2. The lowest BCUT2D eigenvalue weighted by Crippen LogP contribution is -2.13. The predicted molar refractivity (Wildman–Crippen MR) is 95.7 cm³/mol. The van der Waals surface area contributed by atoms with E-state index in [1.54, 1.807) is 24.3 Å². The number of aryl methyl sites for hydroxylation is 1. The lowest BCUT2D eigenvalue weighted by atomic mass is 10.1. The first-order valence-electron chi connectivity index (χ1n) is 7.40. The maximum Gasteiger partial charge on any atom is 0.277 e. The van der Waals surface area contributed by atoms with Gasteiger partial charge in [-0.1, -0.05) is 53.5 Å². The first kappa shape index (κ1) is 16.6. The van der Waals surface area contributed by atoms with Gasteiger partial charge < -0.3 is 9.84 Å². The number of rotatable bonds is 4. The van der Waals surface area contributed by atoms with Crippen molar-refractivity contribution in [3.8, 4) is 11.3 Å². The van der Waals surface area contributed by atoms with Gasteiger partial charge in [-0.25, -0.2) is 0 Å². The van der Waals surface area contributed by atoms with Gasteiger partial charge in [0, 0.05) is 17.3 Å². The summed E-state index contributed by atoms with van der Waals surface area (Å²) in [6.07, 6.45) is 0.823. The van der Waals surface area contributed by atoms with Crippen LogP contribution in [0.2, 0.25) is 10.0 Å². The Bertz CT molecular complexity index is 890. The second-order valence-electron chi connectivity index (χ2n) is 5.17. The topological polar surface area (TPSA) is 55.1 Å². The molecule has 1 heterocycles. The number of nitrogens with zero attached hydrogens (tertiary/aromatic N) is 1. The SMILES string of the molecule is CCc1ccccc1NC(=O)c1cc(-c2ccc(Cl)c(Cl)c2)on1. The van der Waals surface area contributed by atoms with Crippen molar-refractivity contribution in [2.45, 2.75) is 13.3 Å².